The van der Waals surface area contributed by atoms with E-state index in [1.54, 1.807) is 12.4 Å². The molecule has 112 valence electrons. The van der Waals surface area contributed by atoms with Crippen molar-refractivity contribution in [3.8, 4) is 0 Å². The van der Waals surface area contributed by atoms with E-state index in [2.05, 4.69) is 43.9 Å². The minimum Gasteiger partial charge on any atom is -0.264 e. The van der Waals surface area contributed by atoms with Gasteiger partial charge in [0.2, 0.25) is 0 Å². The van der Waals surface area contributed by atoms with E-state index < -0.39 is 0 Å². The summed E-state index contributed by atoms with van der Waals surface area (Å²) in [6.07, 6.45) is 10.5. The largest absolute Gasteiger partial charge is 0.264 e. The molecule has 23 heavy (non-hydrogen) atoms. The average molecular weight is 335 g/mol. The fourth-order valence-electron chi connectivity index (χ4n) is 2.38. The molecular weight excluding hydrogens is 322 g/mol. The Balaban J connectivity index is 0.000000130. The van der Waals surface area contributed by atoms with Gasteiger partial charge in [-0.25, -0.2) is 4.98 Å². The molecule has 5 heterocycles. The lowest BCUT2D eigenvalue weighted by molar-refractivity contribution is 1.25. The maximum Gasteiger partial charge on any atom is 0.0740 e. The van der Waals surface area contributed by atoms with Crippen LogP contribution in [0.15, 0.2) is 70.8 Å². The van der Waals surface area contributed by atoms with Crippen molar-refractivity contribution in [1.29, 1.82) is 0 Å². The Hall–Kier alpha value is -2.24. The average Bonchev–Trinajstić information content (AvgIpc) is 3.09. The molecule has 5 heteroatoms. The van der Waals surface area contributed by atoms with Crippen molar-refractivity contribution in [3.05, 3.63) is 70.8 Å². The molecule has 4 aromatic rings. The summed E-state index contributed by atoms with van der Waals surface area (Å²) < 4.78 is 0. The third-order valence-electron chi connectivity index (χ3n) is 3.51. The van der Waals surface area contributed by atoms with Gasteiger partial charge in [0.15, 0.2) is 0 Å². The van der Waals surface area contributed by atoms with Crippen LogP contribution in [0.25, 0.3) is 21.8 Å². The summed E-state index contributed by atoms with van der Waals surface area (Å²) in [5.41, 5.74) is 1.94. The monoisotopic (exact) mass is 335 g/mol. The first-order valence-electron chi connectivity index (χ1n) is 7.23. The first-order chi connectivity index (χ1) is 11.4. The maximum atomic E-state index is 4.50. The first-order valence-corrected chi connectivity index (χ1v) is 8.98. The molecule has 0 aliphatic carbocycles. The summed E-state index contributed by atoms with van der Waals surface area (Å²) in [4.78, 5) is 15.6. The molecule has 0 spiro atoms. The number of nitrogens with zero attached hydrogens (tertiary/aromatic N) is 3. The molecule has 5 rings (SSSR count). The molecule has 0 bridgehead atoms. The third kappa shape index (κ3) is 3.11. The standard InChI is InChI=1S/C11H7N3.C7H6S2/c1-3-12-6-8-5-9-7-13-4-2-11(9)14-10(1)8;1-2-6-7(8-4-1)3-5-9-6/h1-7H;1,3-5H,2H2. The molecular formula is C18H13N3S2. The number of hydrogen-bond donors (Lipinski definition) is 0. The van der Waals surface area contributed by atoms with Crippen molar-refractivity contribution in [2.45, 2.75) is 11.3 Å². The first kappa shape index (κ1) is 14.4. The number of fused-ring (bicyclic) bond motifs is 3. The molecule has 0 amide bonds. The van der Waals surface area contributed by atoms with Crippen LogP contribution in [-0.2, 0) is 6.42 Å². The van der Waals surface area contributed by atoms with E-state index in [0.29, 0.717) is 0 Å². The molecule has 0 unspecified atom stereocenters. The van der Waals surface area contributed by atoms with Gasteiger partial charge in [0, 0.05) is 51.8 Å². The summed E-state index contributed by atoms with van der Waals surface area (Å²) >= 11 is 3.68. The van der Waals surface area contributed by atoms with Crippen molar-refractivity contribution in [2.24, 2.45) is 0 Å². The van der Waals surface area contributed by atoms with Crippen LogP contribution in [0.5, 0.6) is 0 Å². The zero-order valence-corrected chi connectivity index (χ0v) is 13.8. The molecule has 1 aliphatic rings. The lowest BCUT2D eigenvalue weighted by Gasteiger charge is -2.00. The number of thioether (sulfide) groups is 1. The van der Waals surface area contributed by atoms with Gasteiger partial charge in [-0.05, 0) is 35.1 Å². The lowest BCUT2D eigenvalue weighted by Crippen LogP contribution is -1.83. The van der Waals surface area contributed by atoms with Gasteiger partial charge in [-0.3, -0.25) is 9.97 Å². The van der Waals surface area contributed by atoms with Crippen LogP contribution in [0.3, 0.4) is 0 Å². The van der Waals surface area contributed by atoms with Crippen molar-refractivity contribution in [2.75, 3.05) is 0 Å². The highest BCUT2D eigenvalue weighted by Crippen LogP contribution is 2.32. The number of hydrogen-bond acceptors (Lipinski definition) is 5. The Labute approximate surface area is 142 Å². The fourth-order valence-corrected chi connectivity index (χ4v) is 4.20. The molecule has 0 saturated carbocycles. The summed E-state index contributed by atoms with van der Waals surface area (Å²) in [6, 6.07) is 8.07. The van der Waals surface area contributed by atoms with E-state index in [1.165, 1.54) is 9.77 Å². The van der Waals surface area contributed by atoms with Gasteiger partial charge in [-0.2, -0.15) is 0 Å². The van der Waals surface area contributed by atoms with Crippen molar-refractivity contribution >= 4 is 44.9 Å². The second kappa shape index (κ2) is 6.48. The van der Waals surface area contributed by atoms with Crippen LogP contribution >= 0.6 is 23.1 Å². The molecule has 0 saturated heterocycles. The van der Waals surface area contributed by atoms with Crippen molar-refractivity contribution in [3.63, 3.8) is 0 Å². The highest BCUT2D eigenvalue weighted by molar-refractivity contribution is 8.02. The zero-order chi connectivity index (χ0) is 15.5. The van der Waals surface area contributed by atoms with Gasteiger partial charge in [0.05, 0.1) is 11.0 Å². The SMILES string of the molecule is C1=CSc2ccsc2C1.c1cc2nc3ccncc3cc2cn1. The summed E-state index contributed by atoms with van der Waals surface area (Å²) in [5.74, 6) is 0. The van der Waals surface area contributed by atoms with E-state index in [0.717, 1.165) is 28.2 Å². The Bertz CT molecular complexity index is 864. The lowest BCUT2D eigenvalue weighted by atomic mass is 10.2. The van der Waals surface area contributed by atoms with Crippen LogP contribution in [0.1, 0.15) is 4.88 Å². The topological polar surface area (TPSA) is 38.7 Å². The van der Waals surface area contributed by atoms with Gasteiger partial charge >= 0.3 is 0 Å². The second-order valence-electron chi connectivity index (χ2n) is 5.03. The van der Waals surface area contributed by atoms with E-state index in [9.17, 15) is 0 Å². The fraction of sp³-hybridized carbons (Fsp3) is 0.0556. The molecule has 0 fully saturated rings. The molecule has 0 atom stereocenters. The van der Waals surface area contributed by atoms with Crippen LogP contribution in [0.2, 0.25) is 0 Å². The van der Waals surface area contributed by atoms with Gasteiger partial charge in [0.25, 0.3) is 0 Å². The predicted octanol–water partition coefficient (Wildman–Crippen LogP) is 5.09. The number of rotatable bonds is 0. The summed E-state index contributed by atoms with van der Waals surface area (Å²) in [7, 11) is 0. The van der Waals surface area contributed by atoms with Gasteiger partial charge < -0.3 is 0 Å². The third-order valence-corrected chi connectivity index (χ3v) is 5.54. The summed E-state index contributed by atoms with van der Waals surface area (Å²) in [5, 5.41) is 6.42. The minimum absolute atomic E-state index is 0.971. The molecule has 4 aromatic heterocycles. The normalized spacial score (nSPS) is 12.7. The van der Waals surface area contributed by atoms with Crippen LogP contribution in [0, 0.1) is 0 Å². The Morgan fingerprint density at radius 3 is 2.35 bits per heavy atom. The van der Waals surface area contributed by atoms with Crippen LogP contribution in [-0.4, -0.2) is 15.0 Å². The van der Waals surface area contributed by atoms with E-state index >= 15 is 0 Å². The molecule has 0 radical (unpaired) electrons. The Kier molecular flexibility index (Phi) is 4.05. The van der Waals surface area contributed by atoms with E-state index in [1.807, 2.05) is 47.6 Å². The van der Waals surface area contributed by atoms with Crippen LogP contribution < -0.4 is 0 Å². The van der Waals surface area contributed by atoms with Gasteiger partial charge in [-0.15, -0.1) is 11.3 Å². The Morgan fingerprint density at radius 1 is 0.913 bits per heavy atom. The Morgan fingerprint density at radius 2 is 1.65 bits per heavy atom. The van der Waals surface area contributed by atoms with Crippen LogP contribution in [0.4, 0.5) is 0 Å². The minimum atomic E-state index is 0.971. The molecule has 0 aromatic carbocycles. The maximum absolute atomic E-state index is 4.50. The molecule has 1 aliphatic heterocycles. The highest BCUT2D eigenvalue weighted by atomic mass is 32.2. The van der Waals surface area contributed by atoms with Crippen molar-refractivity contribution < 1.29 is 0 Å². The van der Waals surface area contributed by atoms with Crippen molar-refractivity contribution in [1.82, 2.24) is 15.0 Å². The van der Waals surface area contributed by atoms with E-state index in [-0.39, 0.29) is 0 Å². The quantitative estimate of drug-likeness (QED) is 0.420. The number of allylic oxidation sites excluding steroid dienone is 1. The number of thiophene rings is 1. The number of aromatic nitrogens is 3. The van der Waals surface area contributed by atoms with Gasteiger partial charge in [0.1, 0.15) is 0 Å². The van der Waals surface area contributed by atoms with Gasteiger partial charge in [-0.1, -0.05) is 17.8 Å². The predicted molar refractivity (Wildman–Crippen MR) is 97.9 cm³/mol. The molecule has 3 nitrogen and oxygen atoms in total. The smallest absolute Gasteiger partial charge is 0.0740 e. The van der Waals surface area contributed by atoms with E-state index in [4.69, 9.17) is 0 Å². The zero-order valence-electron chi connectivity index (χ0n) is 12.2. The highest BCUT2D eigenvalue weighted by Gasteiger charge is 2.04. The molecule has 0 N–H and O–H groups in total. The number of pyridine rings is 3. The summed E-state index contributed by atoms with van der Waals surface area (Å²) in [6.45, 7) is 0. The second-order valence-corrected chi connectivity index (χ2v) is 6.98.